The Morgan fingerprint density at radius 1 is 1.53 bits per heavy atom. The van der Waals surface area contributed by atoms with Gasteiger partial charge in [0.05, 0.1) is 6.10 Å². The van der Waals surface area contributed by atoms with Crippen LogP contribution in [0, 0.1) is 0 Å². The normalized spacial score (nSPS) is 22.6. The number of rotatable bonds is 2. The van der Waals surface area contributed by atoms with E-state index in [0.29, 0.717) is 13.0 Å². The molecule has 0 aromatic heterocycles. The van der Waals surface area contributed by atoms with E-state index in [-0.39, 0.29) is 12.6 Å². The third kappa shape index (κ3) is 2.59. The van der Waals surface area contributed by atoms with Gasteiger partial charge in [0.25, 0.3) is 0 Å². The number of urea groups is 1. The van der Waals surface area contributed by atoms with E-state index in [0.717, 1.165) is 0 Å². The number of nitrogens with zero attached hydrogens (tertiary/aromatic N) is 2. The smallest absolute Gasteiger partial charge is 0.326 e. The monoisotopic (exact) mass is 216 g/mol. The quantitative estimate of drug-likeness (QED) is 0.656. The van der Waals surface area contributed by atoms with Crippen molar-refractivity contribution in [2.45, 2.75) is 25.5 Å². The fourth-order valence-electron chi connectivity index (χ4n) is 1.47. The van der Waals surface area contributed by atoms with Crippen molar-refractivity contribution in [1.82, 2.24) is 9.80 Å². The van der Waals surface area contributed by atoms with Crippen LogP contribution in [0.4, 0.5) is 4.79 Å². The van der Waals surface area contributed by atoms with Crippen LogP contribution in [0.2, 0.25) is 0 Å². The number of carbonyl (C=O) groups excluding carboxylic acids is 1. The van der Waals surface area contributed by atoms with Gasteiger partial charge in [0, 0.05) is 20.1 Å². The number of likely N-dealkylation sites (tertiary alicyclic amines) is 1. The van der Waals surface area contributed by atoms with Gasteiger partial charge in [0.2, 0.25) is 0 Å². The summed E-state index contributed by atoms with van der Waals surface area (Å²) in [5.74, 6) is -1.04. The number of likely N-dealkylation sites (N-methyl/N-ethyl adjacent to an activating group) is 1. The highest BCUT2D eigenvalue weighted by atomic mass is 16.4. The van der Waals surface area contributed by atoms with Crippen LogP contribution >= 0.6 is 0 Å². The zero-order chi connectivity index (χ0) is 11.6. The average Bonchev–Trinajstić information content (AvgIpc) is 2.61. The molecule has 1 fully saturated rings. The zero-order valence-electron chi connectivity index (χ0n) is 8.88. The van der Waals surface area contributed by atoms with E-state index in [9.17, 15) is 14.7 Å². The Bertz CT molecular complexity index is 269. The molecule has 1 rings (SSSR count). The van der Waals surface area contributed by atoms with Crippen LogP contribution in [0.15, 0.2) is 0 Å². The maximum Gasteiger partial charge on any atom is 0.326 e. The van der Waals surface area contributed by atoms with Gasteiger partial charge >= 0.3 is 12.0 Å². The van der Waals surface area contributed by atoms with Gasteiger partial charge in [-0.2, -0.15) is 0 Å². The second-order valence-corrected chi connectivity index (χ2v) is 3.80. The molecular formula is C9H16N2O4. The molecule has 6 nitrogen and oxygen atoms in total. The number of aliphatic hydroxyl groups is 1. The van der Waals surface area contributed by atoms with Gasteiger partial charge in [-0.05, 0) is 13.3 Å². The van der Waals surface area contributed by atoms with Crippen LogP contribution in [0.3, 0.4) is 0 Å². The summed E-state index contributed by atoms with van der Waals surface area (Å²) in [5.41, 5.74) is 0. The minimum absolute atomic E-state index is 0.287. The molecule has 0 radical (unpaired) electrons. The summed E-state index contributed by atoms with van der Waals surface area (Å²) in [6, 6.07) is -1.20. The predicted molar refractivity (Wildman–Crippen MR) is 52.5 cm³/mol. The molecule has 2 amide bonds. The highest BCUT2D eigenvalue weighted by Crippen LogP contribution is 2.12. The minimum atomic E-state index is -1.04. The largest absolute Gasteiger partial charge is 0.480 e. The van der Waals surface area contributed by atoms with Crippen molar-refractivity contribution < 1.29 is 19.8 Å². The SMILES string of the molecule is CC(C(=O)O)N(C)C(=O)N1CCC(O)C1. The van der Waals surface area contributed by atoms with Crippen LogP contribution in [-0.4, -0.2) is 64.3 Å². The molecule has 2 unspecified atom stereocenters. The first-order valence-corrected chi connectivity index (χ1v) is 4.86. The van der Waals surface area contributed by atoms with E-state index in [2.05, 4.69) is 0 Å². The van der Waals surface area contributed by atoms with Gasteiger partial charge in [0.1, 0.15) is 6.04 Å². The number of hydrogen-bond acceptors (Lipinski definition) is 3. The molecule has 0 aliphatic carbocycles. The van der Waals surface area contributed by atoms with E-state index >= 15 is 0 Å². The van der Waals surface area contributed by atoms with Crippen LogP contribution in [0.1, 0.15) is 13.3 Å². The molecule has 2 N–H and O–H groups in total. The lowest BCUT2D eigenvalue weighted by Crippen LogP contribution is -2.47. The van der Waals surface area contributed by atoms with E-state index < -0.39 is 18.1 Å². The van der Waals surface area contributed by atoms with E-state index in [1.807, 2.05) is 0 Å². The summed E-state index contributed by atoms with van der Waals surface area (Å²) >= 11 is 0. The molecular weight excluding hydrogens is 200 g/mol. The number of amides is 2. The molecule has 1 saturated heterocycles. The first-order valence-electron chi connectivity index (χ1n) is 4.86. The summed E-state index contributed by atoms with van der Waals surface area (Å²) in [6.07, 6.45) is 0.0728. The van der Waals surface area contributed by atoms with Crippen molar-refractivity contribution in [3.8, 4) is 0 Å². The summed E-state index contributed by atoms with van der Waals surface area (Å²) in [4.78, 5) is 25.0. The lowest BCUT2D eigenvalue weighted by Gasteiger charge is -2.27. The van der Waals surface area contributed by atoms with Gasteiger partial charge < -0.3 is 20.0 Å². The Morgan fingerprint density at radius 3 is 2.53 bits per heavy atom. The van der Waals surface area contributed by atoms with Crippen molar-refractivity contribution in [2.75, 3.05) is 20.1 Å². The highest BCUT2D eigenvalue weighted by Gasteiger charge is 2.30. The third-order valence-corrected chi connectivity index (χ3v) is 2.67. The lowest BCUT2D eigenvalue weighted by atomic mass is 10.3. The molecule has 1 heterocycles. The van der Waals surface area contributed by atoms with Crippen molar-refractivity contribution in [1.29, 1.82) is 0 Å². The molecule has 0 saturated carbocycles. The number of carboxylic acids is 1. The van der Waals surface area contributed by atoms with Gasteiger partial charge in [0.15, 0.2) is 0 Å². The molecule has 1 aliphatic heterocycles. The standard InChI is InChI=1S/C9H16N2O4/c1-6(8(13)14)10(2)9(15)11-4-3-7(12)5-11/h6-7,12H,3-5H2,1-2H3,(H,13,14). The molecule has 0 aromatic rings. The summed E-state index contributed by atoms with van der Waals surface area (Å²) < 4.78 is 0. The highest BCUT2D eigenvalue weighted by molar-refractivity contribution is 5.82. The zero-order valence-corrected chi connectivity index (χ0v) is 8.88. The minimum Gasteiger partial charge on any atom is -0.480 e. The Balaban J connectivity index is 2.56. The third-order valence-electron chi connectivity index (χ3n) is 2.67. The topological polar surface area (TPSA) is 81.1 Å². The maximum atomic E-state index is 11.7. The molecule has 0 bridgehead atoms. The van der Waals surface area contributed by atoms with Gasteiger partial charge in [-0.25, -0.2) is 9.59 Å². The number of hydrogen-bond donors (Lipinski definition) is 2. The van der Waals surface area contributed by atoms with E-state index in [1.165, 1.54) is 23.8 Å². The van der Waals surface area contributed by atoms with Gasteiger partial charge in [-0.15, -0.1) is 0 Å². The number of carbonyl (C=O) groups is 2. The molecule has 1 aliphatic rings. The van der Waals surface area contributed by atoms with Gasteiger partial charge in [-0.1, -0.05) is 0 Å². The Kier molecular flexibility index (Phi) is 3.52. The lowest BCUT2D eigenvalue weighted by molar-refractivity contribution is -0.141. The van der Waals surface area contributed by atoms with Crippen LogP contribution in [0.5, 0.6) is 0 Å². The van der Waals surface area contributed by atoms with Crippen LogP contribution in [0.25, 0.3) is 0 Å². The number of carboxylic acid groups (broad SMARTS) is 1. The fraction of sp³-hybridized carbons (Fsp3) is 0.778. The summed E-state index contributed by atoms with van der Waals surface area (Å²) in [5, 5.41) is 18.0. The summed E-state index contributed by atoms with van der Waals surface area (Å²) in [7, 11) is 1.45. The molecule has 86 valence electrons. The summed E-state index contributed by atoms with van der Waals surface area (Å²) in [6.45, 7) is 2.22. The molecule has 0 aromatic carbocycles. The second-order valence-electron chi connectivity index (χ2n) is 3.80. The number of aliphatic carboxylic acids is 1. The molecule has 6 heteroatoms. The Morgan fingerprint density at radius 2 is 2.13 bits per heavy atom. The second kappa shape index (κ2) is 4.48. The maximum absolute atomic E-state index is 11.7. The Hall–Kier alpha value is -1.30. The van der Waals surface area contributed by atoms with Crippen molar-refractivity contribution in [2.24, 2.45) is 0 Å². The van der Waals surface area contributed by atoms with Crippen molar-refractivity contribution >= 4 is 12.0 Å². The predicted octanol–water partition coefficient (Wildman–Crippen LogP) is -0.422. The number of aliphatic hydroxyl groups excluding tert-OH is 1. The van der Waals surface area contributed by atoms with Crippen molar-refractivity contribution in [3.05, 3.63) is 0 Å². The number of β-amino-alcohol motifs (C(OH)–C–C–N with tert-alkyl or cyclic N) is 1. The van der Waals surface area contributed by atoms with Crippen LogP contribution < -0.4 is 0 Å². The first-order chi connectivity index (χ1) is 6.93. The molecule has 2 atom stereocenters. The average molecular weight is 216 g/mol. The van der Waals surface area contributed by atoms with E-state index in [4.69, 9.17) is 5.11 Å². The Labute approximate surface area is 88.1 Å². The van der Waals surface area contributed by atoms with Gasteiger partial charge in [-0.3, -0.25) is 0 Å². The molecule has 0 spiro atoms. The molecule has 15 heavy (non-hydrogen) atoms. The van der Waals surface area contributed by atoms with Crippen molar-refractivity contribution in [3.63, 3.8) is 0 Å². The van der Waals surface area contributed by atoms with Crippen LogP contribution in [-0.2, 0) is 4.79 Å². The fourth-order valence-corrected chi connectivity index (χ4v) is 1.47. The van der Waals surface area contributed by atoms with E-state index in [1.54, 1.807) is 0 Å². The first kappa shape index (κ1) is 11.8.